The van der Waals surface area contributed by atoms with E-state index in [0.717, 1.165) is 10.9 Å². The van der Waals surface area contributed by atoms with Crippen LogP contribution in [0.25, 0.3) is 10.8 Å². The van der Waals surface area contributed by atoms with E-state index in [1.165, 1.54) is 5.39 Å². The summed E-state index contributed by atoms with van der Waals surface area (Å²) in [6.45, 7) is 8.02. The van der Waals surface area contributed by atoms with Gasteiger partial charge in [0.05, 0.1) is 11.7 Å². The molecule has 3 nitrogen and oxygen atoms in total. The maximum atomic E-state index is 10.3. The van der Waals surface area contributed by atoms with Crippen molar-refractivity contribution >= 4 is 10.8 Å². The smallest absolute Gasteiger partial charge is 0.0914 e. The van der Waals surface area contributed by atoms with Crippen LogP contribution in [0.2, 0.25) is 0 Å². The van der Waals surface area contributed by atoms with Gasteiger partial charge in [0.1, 0.15) is 0 Å². The Morgan fingerprint density at radius 1 is 1.14 bits per heavy atom. The van der Waals surface area contributed by atoms with Gasteiger partial charge in [-0.2, -0.15) is 0 Å². The molecule has 0 saturated heterocycles. The van der Waals surface area contributed by atoms with E-state index in [-0.39, 0.29) is 5.60 Å². The summed E-state index contributed by atoms with van der Waals surface area (Å²) < 4.78 is 5.63. The van der Waals surface area contributed by atoms with Crippen molar-refractivity contribution in [2.24, 2.45) is 0 Å². The van der Waals surface area contributed by atoms with E-state index in [1.54, 1.807) is 0 Å². The third kappa shape index (κ3) is 4.53. The summed E-state index contributed by atoms with van der Waals surface area (Å²) >= 11 is 0. The molecule has 0 saturated carbocycles. The highest BCUT2D eigenvalue weighted by molar-refractivity contribution is 5.83. The molecule has 1 unspecified atom stereocenters. The van der Waals surface area contributed by atoms with Crippen LogP contribution in [0.4, 0.5) is 0 Å². The van der Waals surface area contributed by atoms with Gasteiger partial charge in [-0.1, -0.05) is 36.4 Å². The summed E-state index contributed by atoms with van der Waals surface area (Å²) in [4.78, 5) is 0. The Morgan fingerprint density at radius 3 is 2.57 bits per heavy atom. The number of ether oxygens (including phenoxy) is 1. The molecule has 0 aliphatic carbocycles. The summed E-state index contributed by atoms with van der Waals surface area (Å²) in [6.07, 6.45) is -0.507. The van der Waals surface area contributed by atoms with Crippen molar-refractivity contribution < 1.29 is 9.84 Å². The zero-order valence-corrected chi connectivity index (χ0v) is 13.1. The van der Waals surface area contributed by atoms with Crippen LogP contribution >= 0.6 is 0 Å². The Morgan fingerprint density at radius 2 is 1.86 bits per heavy atom. The fraction of sp³-hybridized carbons (Fsp3) is 0.444. The van der Waals surface area contributed by atoms with Gasteiger partial charge in [-0.25, -0.2) is 0 Å². The molecule has 0 aromatic heterocycles. The molecule has 3 heteroatoms. The monoisotopic (exact) mass is 287 g/mol. The zero-order valence-electron chi connectivity index (χ0n) is 13.1. The van der Waals surface area contributed by atoms with Crippen molar-refractivity contribution in [3.8, 4) is 0 Å². The lowest BCUT2D eigenvalue weighted by Crippen LogP contribution is -2.39. The first-order chi connectivity index (χ1) is 10.0. The minimum absolute atomic E-state index is 0.210. The first-order valence-corrected chi connectivity index (χ1v) is 7.53. The van der Waals surface area contributed by atoms with Crippen LogP contribution in [0, 0.1) is 0 Å². The lowest BCUT2D eigenvalue weighted by molar-refractivity contribution is -0.0104. The maximum Gasteiger partial charge on any atom is 0.0914 e. The second-order valence-corrected chi connectivity index (χ2v) is 5.95. The maximum absolute atomic E-state index is 10.3. The van der Waals surface area contributed by atoms with Crippen molar-refractivity contribution in [2.75, 3.05) is 19.7 Å². The van der Waals surface area contributed by atoms with Gasteiger partial charge in [-0.05, 0) is 43.2 Å². The third-order valence-corrected chi connectivity index (χ3v) is 3.58. The summed E-state index contributed by atoms with van der Waals surface area (Å²) in [6, 6.07) is 14.3. The number of aliphatic hydroxyl groups excluding tert-OH is 1. The van der Waals surface area contributed by atoms with Crippen LogP contribution in [0.5, 0.6) is 0 Å². The molecule has 0 aliphatic heterocycles. The van der Waals surface area contributed by atoms with Crippen molar-refractivity contribution in [1.29, 1.82) is 0 Å². The second kappa shape index (κ2) is 7.03. The second-order valence-electron chi connectivity index (χ2n) is 5.95. The minimum Gasteiger partial charge on any atom is -0.387 e. The molecule has 2 aromatic rings. The molecule has 0 bridgehead atoms. The van der Waals surface area contributed by atoms with Gasteiger partial charge in [-0.15, -0.1) is 0 Å². The van der Waals surface area contributed by atoms with Crippen molar-refractivity contribution in [2.45, 2.75) is 32.5 Å². The van der Waals surface area contributed by atoms with Gasteiger partial charge in [0.25, 0.3) is 0 Å². The number of aliphatic hydroxyl groups is 1. The predicted molar refractivity (Wildman–Crippen MR) is 87.5 cm³/mol. The van der Waals surface area contributed by atoms with Crippen LogP contribution in [0.15, 0.2) is 42.5 Å². The number of hydrogen-bond acceptors (Lipinski definition) is 3. The summed E-state index contributed by atoms with van der Waals surface area (Å²) in [5.41, 5.74) is 0.730. The molecule has 0 heterocycles. The molecule has 0 fully saturated rings. The average molecular weight is 287 g/mol. The van der Waals surface area contributed by atoms with E-state index >= 15 is 0 Å². The lowest BCUT2D eigenvalue weighted by atomic mass is 10.0. The molecule has 0 aliphatic rings. The summed E-state index contributed by atoms with van der Waals surface area (Å²) in [5, 5.41) is 15.9. The van der Waals surface area contributed by atoms with Crippen LogP contribution in [-0.4, -0.2) is 30.4 Å². The molecule has 0 amide bonds. The summed E-state index contributed by atoms with van der Waals surface area (Å²) in [5.74, 6) is 0. The normalized spacial score (nSPS) is 13.5. The first-order valence-electron chi connectivity index (χ1n) is 7.53. The standard InChI is InChI=1S/C18H25NO2/c1-4-21-18(2,3)13-19-12-17(20)16-10-9-14-7-5-6-8-15(14)11-16/h5-11,17,19-20H,4,12-13H2,1-3H3. The van der Waals surface area contributed by atoms with E-state index in [0.29, 0.717) is 19.7 Å². The van der Waals surface area contributed by atoms with Gasteiger partial charge in [0.15, 0.2) is 0 Å². The summed E-state index contributed by atoms with van der Waals surface area (Å²) in [7, 11) is 0. The van der Waals surface area contributed by atoms with Gasteiger partial charge in [-0.3, -0.25) is 0 Å². The molecular weight excluding hydrogens is 262 g/mol. The molecule has 1 atom stereocenters. The molecule has 2 N–H and O–H groups in total. The Hall–Kier alpha value is -1.42. The molecule has 2 aromatic carbocycles. The van der Waals surface area contributed by atoms with Gasteiger partial charge in [0, 0.05) is 19.7 Å². The fourth-order valence-corrected chi connectivity index (χ4v) is 2.48. The zero-order chi connectivity index (χ0) is 15.3. The van der Waals surface area contributed by atoms with Crippen LogP contribution in [0.3, 0.4) is 0 Å². The van der Waals surface area contributed by atoms with E-state index in [1.807, 2.05) is 39.0 Å². The molecule has 0 radical (unpaired) electrons. The fourth-order valence-electron chi connectivity index (χ4n) is 2.48. The molecule has 114 valence electrons. The number of fused-ring (bicyclic) bond motifs is 1. The molecule has 2 rings (SSSR count). The van der Waals surface area contributed by atoms with Crippen LogP contribution in [-0.2, 0) is 4.74 Å². The highest BCUT2D eigenvalue weighted by atomic mass is 16.5. The van der Waals surface area contributed by atoms with Crippen molar-refractivity contribution in [1.82, 2.24) is 5.32 Å². The number of rotatable bonds is 7. The number of hydrogen-bond donors (Lipinski definition) is 2. The van der Waals surface area contributed by atoms with Crippen LogP contribution < -0.4 is 5.32 Å². The Bertz CT molecular complexity index is 580. The van der Waals surface area contributed by atoms with Gasteiger partial charge < -0.3 is 15.2 Å². The predicted octanol–water partition coefficient (Wildman–Crippen LogP) is 3.28. The van der Waals surface area contributed by atoms with E-state index in [2.05, 4.69) is 29.6 Å². The Kier molecular flexibility index (Phi) is 5.34. The molecule has 0 spiro atoms. The third-order valence-electron chi connectivity index (χ3n) is 3.58. The molecule has 21 heavy (non-hydrogen) atoms. The number of benzene rings is 2. The quantitative estimate of drug-likeness (QED) is 0.821. The van der Waals surface area contributed by atoms with Crippen molar-refractivity contribution in [3.05, 3.63) is 48.0 Å². The van der Waals surface area contributed by atoms with E-state index in [4.69, 9.17) is 4.74 Å². The van der Waals surface area contributed by atoms with Crippen LogP contribution in [0.1, 0.15) is 32.4 Å². The van der Waals surface area contributed by atoms with E-state index in [9.17, 15) is 5.11 Å². The Labute approximate surface area is 126 Å². The minimum atomic E-state index is -0.507. The topological polar surface area (TPSA) is 41.5 Å². The van der Waals surface area contributed by atoms with Gasteiger partial charge >= 0.3 is 0 Å². The van der Waals surface area contributed by atoms with Gasteiger partial charge in [0.2, 0.25) is 0 Å². The highest BCUT2D eigenvalue weighted by Crippen LogP contribution is 2.20. The SMILES string of the molecule is CCOC(C)(C)CNCC(O)c1ccc2ccccc2c1. The van der Waals surface area contributed by atoms with E-state index < -0.39 is 6.10 Å². The number of nitrogens with one attached hydrogen (secondary N) is 1. The van der Waals surface area contributed by atoms with Crippen molar-refractivity contribution in [3.63, 3.8) is 0 Å². The Balaban J connectivity index is 1.94. The largest absolute Gasteiger partial charge is 0.387 e. The average Bonchev–Trinajstić information content (AvgIpc) is 2.46. The molecular formula is C18H25NO2. The first kappa shape index (κ1) is 16.0. The highest BCUT2D eigenvalue weighted by Gasteiger charge is 2.17. The lowest BCUT2D eigenvalue weighted by Gasteiger charge is -2.25.